The van der Waals surface area contributed by atoms with Crippen molar-refractivity contribution >= 4 is 11.6 Å². The molecular formula is C13H14ClN3O. The van der Waals surface area contributed by atoms with Gasteiger partial charge in [-0.1, -0.05) is 17.7 Å². The van der Waals surface area contributed by atoms with E-state index in [0.717, 1.165) is 5.56 Å². The average Bonchev–Trinajstić information content (AvgIpc) is 2.38. The van der Waals surface area contributed by atoms with E-state index in [1.54, 1.807) is 18.5 Å². The largest absolute Gasteiger partial charge is 0.484 e. The summed E-state index contributed by atoms with van der Waals surface area (Å²) < 4.78 is 5.56. The smallest absolute Gasteiger partial charge is 0.166 e. The Balaban J connectivity index is 2.06. The van der Waals surface area contributed by atoms with Gasteiger partial charge in [-0.15, -0.1) is 0 Å². The topological polar surface area (TPSA) is 61.0 Å². The highest BCUT2D eigenvalue weighted by atomic mass is 35.5. The van der Waals surface area contributed by atoms with Crippen molar-refractivity contribution in [2.75, 3.05) is 0 Å². The maximum absolute atomic E-state index is 6.12. The Hall–Kier alpha value is -1.65. The van der Waals surface area contributed by atoms with Crippen molar-refractivity contribution in [3.05, 3.63) is 53.1 Å². The predicted octanol–water partition coefficient (Wildman–Crippen LogP) is 2.73. The van der Waals surface area contributed by atoms with Crippen LogP contribution in [0.5, 0.6) is 5.75 Å². The zero-order chi connectivity index (χ0) is 13.0. The number of nitrogens with two attached hydrogens (primary N) is 1. The minimum Gasteiger partial charge on any atom is -0.484 e. The molecule has 5 heteroatoms. The van der Waals surface area contributed by atoms with Crippen LogP contribution in [0.1, 0.15) is 24.4 Å². The van der Waals surface area contributed by atoms with Gasteiger partial charge < -0.3 is 10.5 Å². The zero-order valence-electron chi connectivity index (χ0n) is 10.0. The molecule has 4 nitrogen and oxygen atoms in total. The van der Waals surface area contributed by atoms with Crippen LogP contribution >= 0.6 is 11.6 Å². The SMILES string of the molecule is CC(N)c1ccc(OCc2ncccn2)c(Cl)c1. The van der Waals surface area contributed by atoms with Crippen LogP contribution in [0.2, 0.25) is 5.02 Å². The van der Waals surface area contributed by atoms with Gasteiger partial charge in [-0.25, -0.2) is 9.97 Å². The molecule has 0 aliphatic rings. The first kappa shape index (κ1) is 12.8. The molecule has 0 fully saturated rings. The van der Waals surface area contributed by atoms with Gasteiger partial charge in [0.15, 0.2) is 5.82 Å². The van der Waals surface area contributed by atoms with E-state index in [2.05, 4.69) is 9.97 Å². The summed E-state index contributed by atoms with van der Waals surface area (Å²) in [6.07, 6.45) is 3.35. The van der Waals surface area contributed by atoms with Gasteiger partial charge in [0.1, 0.15) is 12.4 Å². The summed E-state index contributed by atoms with van der Waals surface area (Å²) in [6.45, 7) is 2.20. The van der Waals surface area contributed by atoms with Crippen molar-refractivity contribution in [1.82, 2.24) is 9.97 Å². The molecule has 18 heavy (non-hydrogen) atoms. The van der Waals surface area contributed by atoms with Crippen molar-refractivity contribution in [3.8, 4) is 5.75 Å². The summed E-state index contributed by atoms with van der Waals surface area (Å²) in [5.74, 6) is 1.22. The van der Waals surface area contributed by atoms with Crippen LogP contribution in [0.4, 0.5) is 0 Å². The van der Waals surface area contributed by atoms with Crippen LogP contribution < -0.4 is 10.5 Å². The number of rotatable bonds is 4. The van der Waals surface area contributed by atoms with Gasteiger partial charge in [0, 0.05) is 18.4 Å². The van der Waals surface area contributed by atoms with E-state index < -0.39 is 0 Å². The standard InChI is InChI=1S/C13H14ClN3O/c1-9(15)10-3-4-12(11(14)7-10)18-8-13-16-5-2-6-17-13/h2-7,9H,8,15H2,1H3. The van der Waals surface area contributed by atoms with E-state index in [1.807, 2.05) is 25.1 Å². The molecule has 0 saturated heterocycles. The predicted molar refractivity (Wildman–Crippen MR) is 70.4 cm³/mol. The Kier molecular flexibility index (Phi) is 4.12. The van der Waals surface area contributed by atoms with Gasteiger partial charge in [0.05, 0.1) is 5.02 Å². The molecule has 2 N–H and O–H groups in total. The Morgan fingerprint density at radius 2 is 2.06 bits per heavy atom. The lowest BCUT2D eigenvalue weighted by Crippen LogP contribution is -2.05. The van der Waals surface area contributed by atoms with Gasteiger partial charge in [0.25, 0.3) is 0 Å². The Labute approximate surface area is 111 Å². The highest BCUT2D eigenvalue weighted by Gasteiger charge is 2.06. The van der Waals surface area contributed by atoms with Crippen LogP contribution in [0.15, 0.2) is 36.7 Å². The third-order valence-electron chi connectivity index (χ3n) is 2.46. The first-order chi connectivity index (χ1) is 8.66. The number of benzene rings is 1. The molecule has 0 radical (unpaired) electrons. The lowest BCUT2D eigenvalue weighted by atomic mass is 10.1. The molecule has 1 aromatic heterocycles. The van der Waals surface area contributed by atoms with Crippen LogP contribution in [-0.4, -0.2) is 9.97 Å². The van der Waals surface area contributed by atoms with Crippen molar-refractivity contribution < 1.29 is 4.74 Å². The monoisotopic (exact) mass is 263 g/mol. The second-order valence-corrected chi connectivity index (χ2v) is 4.34. The van der Waals surface area contributed by atoms with Crippen LogP contribution in [0.3, 0.4) is 0 Å². The van der Waals surface area contributed by atoms with Gasteiger partial charge in [-0.3, -0.25) is 0 Å². The number of aromatic nitrogens is 2. The van der Waals surface area contributed by atoms with Crippen molar-refractivity contribution in [2.24, 2.45) is 5.73 Å². The second kappa shape index (κ2) is 5.80. The minimum atomic E-state index is -0.0472. The molecule has 2 aromatic rings. The Morgan fingerprint density at radius 3 is 2.67 bits per heavy atom. The summed E-state index contributed by atoms with van der Waals surface area (Å²) in [7, 11) is 0. The average molecular weight is 264 g/mol. The summed E-state index contributed by atoms with van der Waals surface area (Å²) in [6, 6.07) is 7.23. The van der Waals surface area contributed by atoms with Crippen LogP contribution in [-0.2, 0) is 6.61 Å². The van der Waals surface area contributed by atoms with E-state index in [0.29, 0.717) is 16.6 Å². The molecule has 0 aliphatic carbocycles. The number of nitrogens with zero attached hydrogens (tertiary/aromatic N) is 2. The zero-order valence-corrected chi connectivity index (χ0v) is 10.8. The van der Waals surface area contributed by atoms with Crippen LogP contribution in [0.25, 0.3) is 0 Å². The van der Waals surface area contributed by atoms with Crippen molar-refractivity contribution in [3.63, 3.8) is 0 Å². The lowest BCUT2D eigenvalue weighted by Gasteiger charge is -2.10. The van der Waals surface area contributed by atoms with Gasteiger partial charge in [0.2, 0.25) is 0 Å². The summed E-state index contributed by atoms with van der Waals surface area (Å²) in [4.78, 5) is 8.14. The summed E-state index contributed by atoms with van der Waals surface area (Å²) in [5, 5.41) is 0.542. The third-order valence-corrected chi connectivity index (χ3v) is 2.75. The molecule has 1 unspecified atom stereocenters. The van der Waals surface area contributed by atoms with E-state index in [1.165, 1.54) is 0 Å². The molecule has 0 bridgehead atoms. The van der Waals surface area contributed by atoms with E-state index in [9.17, 15) is 0 Å². The molecule has 1 aromatic carbocycles. The van der Waals surface area contributed by atoms with Gasteiger partial charge >= 0.3 is 0 Å². The van der Waals surface area contributed by atoms with Crippen LogP contribution in [0, 0.1) is 0 Å². The van der Waals surface area contributed by atoms with Gasteiger partial charge in [-0.05, 0) is 30.7 Å². The highest BCUT2D eigenvalue weighted by Crippen LogP contribution is 2.27. The number of ether oxygens (including phenoxy) is 1. The summed E-state index contributed by atoms with van der Waals surface area (Å²) in [5.41, 5.74) is 6.75. The second-order valence-electron chi connectivity index (χ2n) is 3.93. The molecule has 0 saturated carbocycles. The highest BCUT2D eigenvalue weighted by molar-refractivity contribution is 6.32. The first-order valence-corrected chi connectivity index (χ1v) is 5.98. The lowest BCUT2D eigenvalue weighted by molar-refractivity contribution is 0.296. The van der Waals surface area contributed by atoms with Crippen molar-refractivity contribution in [2.45, 2.75) is 19.6 Å². The van der Waals surface area contributed by atoms with E-state index >= 15 is 0 Å². The molecule has 0 aliphatic heterocycles. The van der Waals surface area contributed by atoms with E-state index in [4.69, 9.17) is 22.1 Å². The quantitative estimate of drug-likeness (QED) is 0.921. The molecule has 1 atom stereocenters. The fourth-order valence-electron chi connectivity index (χ4n) is 1.46. The Morgan fingerprint density at radius 1 is 1.33 bits per heavy atom. The minimum absolute atomic E-state index is 0.0472. The molecule has 2 rings (SSSR count). The fraction of sp³-hybridized carbons (Fsp3) is 0.231. The maximum atomic E-state index is 6.12. The fourth-order valence-corrected chi connectivity index (χ4v) is 1.71. The number of hydrogen-bond acceptors (Lipinski definition) is 4. The van der Waals surface area contributed by atoms with Gasteiger partial charge in [-0.2, -0.15) is 0 Å². The summed E-state index contributed by atoms with van der Waals surface area (Å²) >= 11 is 6.12. The molecule has 0 amide bonds. The van der Waals surface area contributed by atoms with E-state index in [-0.39, 0.29) is 12.6 Å². The third kappa shape index (κ3) is 3.18. The number of halogens is 1. The molecule has 94 valence electrons. The first-order valence-electron chi connectivity index (χ1n) is 5.60. The molecule has 1 heterocycles. The molecule has 0 spiro atoms. The maximum Gasteiger partial charge on any atom is 0.166 e. The number of hydrogen-bond donors (Lipinski definition) is 1. The Bertz CT molecular complexity index is 517. The normalized spacial score (nSPS) is 12.2. The molecular weight excluding hydrogens is 250 g/mol. The van der Waals surface area contributed by atoms with Crippen molar-refractivity contribution in [1.29, 1.82) is 0 Å².